The Morgan fingerprint density at radius 3 is 2.43 bits per heavy atom. The van der Waals surface area contributed by atoms with Crippen molar-refractivity contribution in [1.82, 2.24) is 4.90 Å². The van der Waals surface area contributed by atoms with Gasteiger partial charge >= 0.3 is 0 Å². The molecule has 0 bridgehead atoms. The molecule has 0 aliphatic carbocycles. The molecule has 0 saturated carbocycles. The zero-order chi connectivity index (χ0) is 15.2. The predicted octanol–water partition coefficient (Wildman–Crippen LogP) is 2.34. The molecule has 1 amide bonds. The van der Waals surface area contributed by atoms with E-state index in [-0.39, 0.29) is 17.9 Å². The molecular weight excluding hydrogens is 264 g/mol. The Bertz CT molecular complexity index is 465. The minimum Gasteiger partial charge on any atom is -0.309 e. The number of piperidine rings is 1. The number of rotatable bonds is 5. The largest absolute Gasteiger partial charge is 0.309 e. The number of amides is 1. The minimum absolute atomic E-state index is 0.126. The van der Waals surface area contributed by atoms with Crippen LogP contribution in [0.5, 0.6) is 0 Å². The normalized spacial score (nSPS) is 16.9. The molecule has 0 unspecified atom stereocenters. The standard InChI is InChI=1S/C17H24N2O2/c1-14(2)19(16-6-4-3-5-7-16)17(21)12-18-10-8-15(13-20)9-11-18/h3-7,13-15H,8-12H2,1-2H3. The molecule has 2 rings (SSSR count). The fourth-order valence-electron chi connectivity index (χ4n) is 2.83. The lowest BCUT2D eigenvalue weighted by Crippen LogP contribution is -2.46. The molecule has 1 aliphatic rings. The molecule has 4 nitrogen and oxygen atoms in total. The van der Waals surface area contributed by atoms with Crippen LogP contribution in [0.4, 0.5) is 5.69 Å². The van der Waals surface area contributed by atoms with E-state index in [0.29, 0.717) is 6.54 Å². The van der Waals surface area contributed by atoms with Crippen molar-refractivity contribution in [2.24, 2.45) is 5.92 Å². The Hall–Kier alpha value is -1.68. The number of carbonyl (C=O) groups is 2. The summed E-state index contributed by atoms with van der Waals surface area (Å²) < 4.78 is 0. The molecular formula is C17H24N2O2. The van der Waals surface area contributed by atoms with Gasteiger partial charge in [-0.2, -0.15) is 0 Å². The average molecular weight is 288 g/mol. The van der Waals surface area contributed by atoms with E-state index in [9.17, 15) is 9.59 Å². The molecule has 1 aromatic carbocycles. The fraction of sp³-hybridized carbons (Fsp3) is 0.529. The van der Waals surface area contributed by atoms with Crippen LogP contribution < -0.4 is 4.90 Å². The topological polar surface area (TPSA) is 40.6 Å². The number of hydrogen-bond donors (Lipinski definition) is 0. The van der Waals surface area contributed by atoms with Crippen LogP contribution in [0, 0.1) is 5.92 Å². The Kier molecular flexibility index (Phi) is 5.51. The maximum absolute atomic E-state index is 12.6. The van der Waals surface area contributed by atoms with Gasteiger partial charge in [-0.25, -0.2) is 0 Å². The highest BCUT2D eigenvalue weighted by atomic mass is 16.2. The molecule has 21 heavy (non-hydrogen) atoms. The molecule has 0 N–H and O–H groups in total. The molecule has 1 saturated heterocycles. The van der Waals surface area contributed by atoms with E-state index in [1.165, 1.54) is 0 Å². The number of benzene rings is 1. The van der Waals surface area contributed by atoms with Gasteiger partial charge in [-0.1, -0.05) is 18.2 Å². The zero-order valence-corrected chi connectivity index (χ0v) is 12.9. The predicted molar refractivity (Wildman–Crippen MR) is 84.3 cm³/mol. The number of aldehydes is 1. The van der Waals surface area contributed by atoms with E-state index in [2.05, 4.69) is 4.90 Å². The van der Waals surface area contributed by atoms with Crippen molar-refractivity contribution < 1.29 is 9.59 Å². The Morgan fingerprint density at radius 1 is 1.29 bits per heavy atom. The van der Waals surface area contributed by atoms with Gasteiger partial charge < -0.3 is 9.69 Å². The van der Waals surface area contributed by atoms with Crippen molar-refractivity contribution in [2.45, 2.75) is 32.7 Å². The van der Waals surface area contributed by atoms with Crippen molar-refractivity contribution in [3.63, 3.8) is 0 Å². The second-order valence-corrected chi connectivity index (χ2v) is 5.94. The summed E-state index contributed by atoms with van der Waals surface area (Å²) in [4.78, 5) is 27.4. The lowest BCUT2D eigenvalue weighted by molar-refractivity contribution is -0.120. The van der Waals surface area contributed by atoms with Gasteiger partial charge in [0.2, 0.25) is 5.91 Å². The summed E-state index contributed by atoms with van der Waals surface area (Å²) in [6, 6.07) is 9.93. The molecule has 0 radical (unpaired) electrons. The molecule has 1 heterocycles. The summed E-state index contributed by atoms with van der Waals surface area (Å²) >= 11 is 0. The van der Waals surface area contributed by atoms with Crippen molar-refractivity contribution in [3.8, 4) is 0 Å². The van der Waals surface area contributed by atoms with Crippen LogP contribution in [0.3, 0.4) is 0 Å². The van der Waals surface area contributed by atoms with Gasteiger partial charge in [-0.3, -0.25) is 9.69 Å². The van der Waals surface area contributed by atoms with Gasteiger partial charge in [-0.15, -0.1) is 0 Å². The molecule has 0 spiro atoms. The van der Waals surface area contributed by atoms with E-state index in [1.54, 1.807) is 0 Å². The van der Waals surface area contributed by atoms with Crippen LogP contribution in [0.1, 0.15) is 26.7 Å². The van der Waals surface area contributed by atoms with Gasteiger partial charge in [0.1, 0.15) is 6.29 Å². The number of para-hydroxylation sites is 1. The van der Waals surface area contributed by atoms with E-state index in [4.69, 9.17) is 0 Å². The highest BCUT2D eigenvalue weighted by molar-refractivity contribution is 5.95. The van der Waals surface area contributed by atoms with Crippen LogP contribution in [0.2, 0.25) is 0 Å². The maximum atomic E-state index is 12.6. The van der Waals surface area contributed by atoms with E-state index >= 15 is 0 Å². The molecule has 114 valence electrons. The van der Waals surface area contributed by atoms with E-state index in [1.807, 2.05) is 49.1 Å². The summed E-state index contributed by atoms with van der Waals surface area (Å²) in [6.45, 7) is 6.15. The summed E-state index contributed by atoms with van der Waals surface area (Å²) in [6.07, 6.45) is 2.77. The second-order valence-electron chi connectivity index (χ2n) is 5.94. The third-order valence-electron chi connectivity index (χ3n) is 4.00. The summed E-state index contributed by atoms with van der Waals surface area (Å²) in [7, 11) is 0. The van der Waals surface area contributed by atoms with Crippen LogP contribution in [-0.4, -0.2) is 42.8 Å². The van der Waals surface area contributed by atoms with Gasteiger partial charge in [0, 0.05) is 17.6 Å². The summed E-state index contributed by atoms with van der Waals surface area (Å²) in [5.74, 6) is 0.299. The first-order valence-electron chi connectivity index (χ1n) is 7.66. The van der Waals surface area contributed by atoms with Gasteiger partial charge in [0.25, 0.3) is 0 Å². The fourth-order valence-corrected chi connectivity index (χ4v) is 2.83. The van der Waals surface area contributed by atoms with Crippen molar-refractivity contribution in [3.05, 3.63) is 30.3 Å². The van der Waals surface area contributed by atoms with Crippen LogP contribution in [0.15, 0.2) is 30.3 Å². The smallest absolute Gasteiger partial charge is 0.241 e. The number of nitrogens with zero attached hydrogens (tertiary/aromatic N) is 2. The second kappa shape index (κ2) is 7.36. The lowest BCUT2D eigenvalue weighted by Gasteiger charge is -2.33. The highest BCUT2D eigenvalue weighted by Crippen LogP contribution is 2.19. The zero-order valence-electron chi connectivity index (χ0n) is 12.9. The van der Waals surface area contributed by atoms with Gasteiger partial charge in [0.05, 0.1) is 6.54 Å². The van der Waals surface area contributed by atoms with E-state index < -0.39 is 0 Å². The quantitative estimate of drug-likeness (QED) is 0.781. The lowest BCUT2D eigenvalue weighted by atomic mass is 9.98. The molecule has 4 heteroatoms. The Balaban J connectivity index is 1.99. The summed E-state index contributed by atoms with van der Waals surface area (Å²) in [5.41, 5.74) is 0.945. The molecule has 1 aromatic rings. The molecule has 0 aromatic heterocycles. The first kappa shape index (κ1) is 15.7. The monoisotopic (exact) mass is 288 g/mol. The first-order chi connectivity index (χ1) is 10.1. The molecule has 1 aliphatic heterocycles. The average Bonchev–Trinajstić information content (AvgIpc) is 2.49. The molecule has 0 atom stereocenters. The van der Waals surface area contributed by atoms with Gasteiger partial charge in [0.15, 0.2) is 0 Å². The van der Waals surface area contributed by atoms with Gasteiger partial charge in [-0.05, 0) is 51.9 Å². The molecule has 1 fully saturated rings. The minimum atomic E-state index is 0.126. The number of anilines is 1. The number of likely N-dealkylation sites (tertiary alicyclic amines) is 1. The first-order valence-corrected chi connectivity index (χ1v) is 7.66. The third kappa shape index (κ3) is 4.14. The number of hydrogen-bond acceptors (Lipinski definition) is 3. The van der Waals surface area contributed by atoms with Crippen molar-refractivity contribution in [2.75, 3.05) is 24.5 Å². The van der Waals surface area contributed by atoms with Crippen LogP contribution in [-0.2, 0) is 9.59 Å². The maximum Gasteiger partial charge on any atom is 0.241 e. The Morgan fingerprint density at radius 2 is 1.90 bits per heavy atom. The van der Waals surface area contributed by atoms with Crippen LogP contribution >= 0.6 is 0 Å². The van der Waals surface area contributed by atoms with Crippen LogP contribution in [0.25, 0.3) is 0 Å². The number of carbonyl (C=O) groups excluding carboxylic acids is 2. The Labute approximate surface area is 126 Å². The summed E-state index contributed by atoms with van der Waals surface area (Å²) in [5, 5.41) is 0. The van der Waals surface area contributed by atoms with Crippen molar-refractivity contribution in [1.29, 1.82) is 0 Å². The van der Waals surface area contributed by atoms with Crippen molar-refractivity contribution >= 4 is 17.9 Å². The third-order valence-corrected chi connectivity index (χ3v) is 4.00. The SMILES string of the molecule is CC(C)N(C(=O)CN1CCC(C=O)CC1)c1ccccc1. The highest BCUT2D eigenvalue weighted by Gasteiger charge is 2.24. The van der Waals surface area contributed by atoms with E-state index in [0.717, 1.165) is 37.9 Å².